The number of aryl methyl sites for hydroxylation is 2. The standard InChI is InChI=1S/C22H24N2S4/c1-13-9-15(11-23-3)21(25-13)19-7-5-17(27-19)18-6-8-20(28-18)22-16(12-24-4)10-14(2)26-22/h5-10,23-24H,11-12H2,1-4H3. The van der Waals surface area contributed by atoms with Gasteiger partial charge in [-0.1, -0.05) is 0 Å². The Morgan fingerprint density at radius 1 is 0.607 bits per heavy atom. The predicted octanol–water partition coefficient (Wildman–Crippen LogP) is 6.99. The zero-order valence-corrected chi connectivity index (χ0v) is 19.8. The van der Waals surface area contributed by atoms with Crippen LogP contribution in [0.2, 0.25) is 0 Å². The average Bonchev–Trinajstić information content (AvgIpc) is 3.42. The van der Waals surface area contributed by atoms with Crippen LogP contribution in [0.25, 0.3) is 29.3 Å². The molecule has 4 aromatic heterocycles. The van der Waals surface area contributed by atoms with Crippen LogP contribution in [0.1, 0.15) is 20.9 Å². The average molecular weight is 445 g/mol. The molecule has 2 N–H and O–H groups in total. The first-order valence-electron chi connectivity index (χ1n) is 9.27. The topological polar surface area (TPSA) is 24.1 Å². The van der Waals surface area contributed by atoms with Gasteiger partial charge < -0.3 is 10.6 Å². The van der Waals surface area contributed by atoms with Crippen molar-refractivity contribution in [1.29, 1.82) is 0 Å². The minimum Gasteiger partial charge on any atom is -0.316 e. The van der Waals surface area contributed by atoms with Crippen molar-refractivity contribution in [3.05, 3.63) is 57.3 Å². The van der Waals surface area contributed by atoms with Crippen LogP contribution in [0.4, 0.5) is 0 Å². The summed E-state index contributed by atoms with van der Waals surface area (Å²) in [5.41, 5.74) is 2.80. The molecule has 28 heavy (non-hydrogen) atoms. The van der Waals surface area contributed by atoms with Gasteiger partial charge in [-0.25, -0.2) is 0 Å². The molecule has 0 spiro atoms. The highest BCUT2D eigenvalue weighted by atomic mass is 32.1. The van der Waals surface area contributed by atoms with Crippen LogP contribution in [-0.2, 0) is 13.1 Å². The van der Waals surface area contributed by atoms with Gasteiger partial charge in [0.25, 0.3) is 0 Å². The Hall–Kier alpha value is -1.28. The first-order chi connectivity index (χ1) is 13.6. The minimum absolute atomic E-state index is 0.919. The van der Waals surface area contributed by atoms with E-state index in [0.717, 1.165) is 13.1 Å². The molecule has 146 valence electrons. The maximum absolute atomic E-state index is 3.29. The third kappa shape index (κ3) is 4.03. The second kappa shape index (κ2) is 8.61. The Balaban J connectivity index is 1.64. The van der Waals surface area contributed by atoms with Gasteiger partial charge in [-0.3, -0.25) is 0 Å². The fraction of sp³-hybridized carbons (Fsp3) is 0.273. The van der Waals surface area contributed by atoms with Gasteiger partial charge in [-0.05, 0) is 75.5 Å². The molecule has 4 rings (SSSR count). The molecule has 4 aromatic rings. The van der Waals surface area contributed by atoms with E-state index in [2.05, 4.69) is 60.9 Å². The highest BCUT2D eigenvalue weighted by Gasteiger charge is 2.15. The van der Waals surface area contributed by atoms with Gasteiger partial charge in [-0.15, -0.1) is 45.3 Å². The van der Waals surface area contributed by atoms with E-state index in [9.17, 15) is 0 Å². The second-order valence-electron chi connectivity index (χ2n) is 6.81. The highest BCUT2D eigenvalue weighted by molar-refractivity contribution is 7.28. The van der Waals surface area contributed by atoms with Crippen molar-refractivity contribution in [2.45, 2.75) is 26.9 Å². The third-order valence-electron chi connectivity index (χ3n) is 4.50. The first-order valence-corrected chi connectivity index (χ1v) is 12.5. The van der Waals surface area contributed by atoms with E-state index >= 15 is 0 Å². The molecule has 0 fully saturated rings. The van der Waals surface area contributed by atoms with Crippen LogP contribution in [0.15, 0.2) is 36.4 Å². The van der Waals surface area contributed by atoms with Gasteiger partial charge in [0.2, 0.25) is 0 Å². The van der Waals surface area contributed by atoms with Crippen LogP contribution in [-0.4, -0.2) is 14.1 Å². The summed E-state index contributed by atoms with van der Waals surface area (Å²) in [6.45, 7) is 6.22. The van der Waals surface area contributed by atoms with Gasteiger partial charge in [-0.2, -0.15) is 0 Å². The summed E-state index contributed by atoms with van der Waals surface area (Å²) in [4.78, 5) is 11.0. The third-order valence-corrected chi connectivity index (χ3v) is 9.41. The molecule has 0 aliphatic carbocycles. The highest BCUT2D eigenvalue weighted by Crippen LogP contribution is 2.44. The number of nitrogens with one attached hydrogen (secondary N) is 2. The van der Waals surface area contributed by atoms with Crippen LogP contribution < -0.4 is 10.6 Å². The van der Waals surface area contributed by atoms with E-state index in [1.807, 2.05) is 59.4 Å². The molecular formula is C22H24N2S4. The molecule has 0 radical (unpaired) electrons. The number of hydrogen-bond acceptors (Lipinski definition) is 6. The summed E-state index contributed by atoms with van der Waals surface area (Å²) < 4.78 is 0. The van der Waals surface area contributed by atoms with Gasteiger partial charge in [0, 0.05) is 52.1 Å². The molecule has 0 bridgehead atoms. The van der Waals surface area contributed by atoms with Gasteiger partial charge >= 0.3 is 0 Å². The second-order valence-corrected chi connectivity index (χ2v) is 11.5. The molecule has 0 atom stereocenters. The lowest BCUT2D eigenvalue weighted by Gasteiger charge is -2.00. The molecule has 6 heteroatoms. The quantitative estimate of drug-likeness (QED) is 0.321. The lowest BCUT2D eigenvalue weighted by Crippen LogP contribution is -2.04. The Bertz CT molecular complexity index is 994. The summed E-state index contributed by atoms with van der Waals surface area (Å²) in [6.07, 6.45) is 0. The summed E-state index contributed by atoms with van der Waals surface area (Å²) in [7, 11) is 4.02. The SMILES string of the molecule is CNCc1cc(C)sc1-c1ccc(-c2ccc(-c3sc(C)cc3CNC)s2)s1. The minimum atomic E-state index is 0.919. The van der Waals surface area contributed by atoms with Crippen molar-refractivity contribution in [2.75, 3.05) is 14.1 Å². The Morgan fingerprint density at radius 3 is 1.39 bits per heavy atom. The van der Waals surface area contributed by atoms with E-state index in [1.165, 1.54) is 50.1 Å². The van der Waals surface area contributed by atoms with Gasteiger partial charge in [0.05, 0.1) is 0 Å². The fourth-order valence-electron chi connectivity index (χ4n) is 3.38. The van der Waals surface area contributed by atoms with E-state index in [0.29, 0.717) is 0 Å². The number of rotatable bonds is 7. The molecule has 0 aliphatic rings. The van der Waals surface area contributed by atoms with Crippen LogP contribution >= 0.6 is 45.3 Å². The first kappa shape index (κ1) is 20.0. The monoisotopic (exact) mass is 444 g/mol. The van der Waals surface area contributed by atoms with E-state index in [-0.39, 0.29) is 0 Å². The molecule has 0 saturated carbocycles. The normalized spacial score (nSPS) is 11.4. The lowest BCUT2D eigenvalue weighted by molar-refractivity contribution is 0.822. The Morgan fingerprint density at radius 2 is 1.00 bits per heavy atom. The van der Waals surface area contributed by atoms with Crippen LogP contribution in [0, 0.1) is 13.8 Å². The molecule has 0 amide bonds. The molecule has 0 aromatic carbocycles. The van der Waals surface area contributed by atoms with Gasteiger partial charge in [0.15, 0.2) is 0 Å². The molecule has 2 nitrogen and oxygen atoms in total. The van der Waals surface area contributed by atoms with Crippen molar-refractivity contribution < 1.29 is 0 Å². The number of thiophene rings is 4. The molecule has 0 unspecified atom stereocenters. The number of hydrogen-bond donors (Lipinski definition) is 2. The van der Waals surface area contributed by atoms with Crippen molar-refractivity contribution in [3.63, 3.8) is 0 Å². The summed E-state index contributed by atoms with van der Waals surface area (Å²) in [5.74, 6) is 0. The van der Waals surface area contributed by atoms with Crippen molar-refractivity contribution in [2.24, 2.45) is 0 Å². The van der Waals surface area contributed by atoms with E-state index < -0.39 is 0 Å². The zero-order chi connectivity index (χ0) is 19.7. The Kier molecular flexibility index (Phi) is 6.16. The maximum Gasteiger partial charge on any atom is 0.0490 e. The predicted molar refractivity (Wildman–Crippen MR) is 129 cm³/mol. The molecular weight excluding hydrogens is 421 g/mol. The largest absolute Gasteiger partial charge is 0.316 e. The smallest absolute Gasteiger partial charge is 0.0490 e. The summed E-state index contributed by atoms with van der Waals surface area (Å²) in [5, 5.41) is 6.59. The fourth-order valence-corrected chi connectivity index (χ4v) is 7.84. The van der Waals surface area contributed by atoms with Crippen LogP contribution in [0.5, 0.6) is 0 Å². The molecule has 0 aliphatic heterocycles. The van der Waals surface area contributed by atoms with Crippen molar-refractivity contribution in [3.8, 4) is 29.3 Å². The van der Waals surface area contributed by atoms with Crippen molar-refractivity contribution in [1.82, 2.24) is 10.6 Å². The summed E-state index contributed by atoms with van der Waals surface area (Å²) in [6, 6.07) is 13.7. The van der Waals surface area contributed by atoms with E-state index in [4.69, 9.17) is 0 Å². The zero-order valence-electron chi connectivity index (χ0n) is 16.5. The van der Waals surface area contributed by atoms with Crippen LogP contribution in [0.3, 0.4) is 0 Å². The Labute approximate surface area is 182 Å². The molecule has 0 saturated heterocycles. The van der Waals surface area contributed by atoms with Gasteiger partial charge in [0.1, 0.15) is 0 Å². The van der Waals surface area contributed by atoms with Crippen molar-refractivity contribution >= 4 is 45.3 Å². The molecule has 4 heterocycles. The summed E-state index contributed by atoms with van der Waals surface area (Å²) >= 11 is 7.60. The lowest BCUT2D eigenvalue weighted by atomic mass is 10.2. The van der Waals surface area contributed by atoms with E-state index in [1.54, 1.807) is 0 Å². The maximum atomic E-state index is 3.29.